The van der Waals surface area contributed by atoms with Crippen molar-refractivity contribution in [1.29, 1.82) is 0 Å². The van der Waals surface area contributed by atoms with Gasteiger partial charge in [-0.15, -0.1) is 0 Å². The fourth-order valence-electron chi connectivity index (χ4n) is 3.89. The van der Waals surface area contributed by atoms with Crippen LogP contribution < -0.4 is 14.8 Å². The third-order valence-corrected chi connectivity index (χ3v) is 7.02. The maximum absolute atomic E-state index is 13.0. The third kappa shape index (κ3) is 5.40. The third-order valence-electron chi connectivity index (χ3n) is 5.48. The number of sulfonamides is 1. The molecule has 1 amide bonds. The van der Waals surface area contributed by atoms with E-state index in [-0.39, 0.29) is 28.6 Å². The molecule has 1 aliphatic rings. The lowest BCUT2D eigenvalue weighted by Crippen LogP contribution is -2.33. The minimum absolute atomic E-state index is 0.00342. The van der Waals surface area contributed by atoms with Crippen LogP contribution in [0.5, 0.6) is 5.75 Å². The van der Waals surface area contributed by atoms with Crippen LogP contribution in [-0.4, -0.2) is 27.5 Å². The Morgan fingerprint density at radius 1 is 1.13 bits per heavy atom. The van der Waals surface area contributed by atoms with Gasteiger partial charge in [0.05, 0.1) is 13.2 Å². The predicted molar refractivity (Wildman–Crippen MR) is 117 cm³/mol. The largest absolute Gasteiger partial charge is 0.495 e. The van der Waals surface area contributed by atoms with Crippen molar-refractivity contribution < 1.29 is 17.9 Å². The number of carbonyl (C=O) groups excluding carboxylic acids is 1. The molecule has 0 radical (unpaired) electrons. The number of carbonyl (C=O) groups is 1. The molecule has 1 saturated carbocycles. The zero-order chi connectivity index (χ0) is 21.6. The molecule has 2 N–H and O–H groups in total. The van der Waals surface area contributed by atoms with Gasteiger partial charge in [0.2, 0.25) is 10.0 Å². The average Bonchev–Trinajstić information content (AvgIpc) is 3.25. The SMILES string of the molecule is CCCC(NC(=O)c1ccc(OC)c(S(=O)(=O)NC2CCCC2)c1)c1ccccc1. The highest BCUT2D eigenvalue weighted by atomic mass is 32.2. The number of hydrogen-bond donors (Lipinski definition) is 2. The van der Waals surface area contributed by atoms with Crippen LogP contribution in [0.1, 0.15) is 67.4 Å². The van der Waals surface area contributed by atoms with Crippen LogP contribution in [0.2, 0.25) is 0 Å². The van der Waals surface area contributed by atoms with E-state index in [0.29, 0.717) is 5.56 Å². The molecule has 3 rings (SSSR count). The van der Waals surface area contributed by atoms with Gasteiger partial charge < -0.3 is 10.1 Å². The summed E-state index contributed by atoms with van der Waals surface area (Å²) in [5.41, 5.74) is 1.32. The Hall–Kier alpha value is -2.38. The molecular weight excluding hydrogens is 400 g/mol. The highest BCUT2D eigenvalue weighted by molar-refractivity contribution is 7.89. The molecule has 0 spiro atoms. The first-order valence-electron chi connectivity index (χ1n) is 10.5. The van der Waals surface area contributed by atoms with Crippen molar-refractivity contribution in [2.45, 2.75) is 62.4 Å². The standard InChI is InChI=1S/C23H30N2O4S/c1-3-9-20(17-10-5-4-6-11-17)24-23(26)18-14-15-21(29-2)22(16-18)30(27,28)25-19-12-7-8-13-19/h4-6,10-11,14-16,19-20,25H,3,7-9,12-13H2,1-2H3,(H,24,26). The first-order valence-corrected chi connectivity index (χ1v) is 12.0. The van der Waals surface area contributed by atoms with E-state index >= 15 is 0 Å². The second-order valence-electron chi connectivity index (χ2n) is 7.69. The summed E-state index contributed by atoms with van der Waals surface area (Å²) in [5, 5.41) is 3.04. The molecule has 162 valence electrons. The first-order chi connectivity index (χ1) is 14.4. The van der Waals surface area contributed by atoms with Gasteiger partial charge in [-0.05, 0) is 43.0 Å². The molecule has 6 nitrogen and oxygen atoms in total. The molecule has 1 unspecified atom stereocenters. The van der Waals surface area contributed by atoms with E-state index in [1.54, 1.807) is 6.07 Å². The molecule has 0 aliphatic heterocycles. The van der Waals surface area contributed by atoms with Gasteiger partial charge >= 0.3 is 0 Å². The lowest BCUT2D eigenvalue weighted by molar-refractivity contribution is 0.0934. The number of methoxy groups -OCH3 is 1. The minimum atomic E-state index is -3.79. The maximum Gasteiger partial charge on any atom is 0.251 e. The maximum atomic E-state index is 13.0. The van der Waals surface area contributed by atoms with Crippen LogP contribution in [-0.2, 0) is 10.0 Å². The molecule has 1 fully saturated rings. The molecular formula is C23H30N2O4S. The van der Waals surface area contributed by atoms with E-state index in [4.69, 9.17) is 4.74 Å². The minimum Gasteiger partial charge on any atom is -0.495 e. The van der Waals surface area contributed by atoms with E-state index in [0.717, 1.165) is 44.1 Å². The summed E-state index contributed by atoms with van der Waals surface area (Å²) in [4.78, 5) is 13.0. The van der Waals surface area contributed by atoms with Gasteiger partial charge in [0.25, 0.3) is 5.91 Å². The highest BCUT2D eigenvalue weighted by Crippen LogP contribution is 2.28. The van der Waals surface area contributed by atoms with Crippen molar-refractivity contribution in [3.05, 3.63) is 59.7 Å². The smallest absolute Gasteiger partial charge is 0.251 e. The summed E-state index contributed by atoms with van der Waals surface area (Å²) in [6, 6.07) is 14.1. The van der Waals surface area contributed by atoms with Crippen molar-refractivity contribution in [2.75, 3.05) is 7.11 Å². The van der Waals surface area contributed by atoms with Gasteiger partial charge in [-0.25, -0.2) is 13.1 Å². The van der Waals surface area contributed by atoms with E-state index in [2.05, 4.69) is 17.0 Å². The lowest BCUT2D eigenvalue weighted by Gasteiger charge is -2.19. The Labute approximate surface area is 179 Å². The first kappa shape index (κ1) is 22.3. The summed E-state index contributed by atoms with van der Waals surface area (Å²) in [6.07, 6.45) is 5.40. The van der Waals surface area contributed by atoms with Crippen LogP contribution in [0.25, 0.3) is 0 Å². The monoisotopic (exact) mass is 430 g/mol. The second-order valence-corrected chi connectivity index (χ2v) is 9.38. The molecule has 1 atom stereocenters. The Morgan fingerprint density at radius 3 is 2.47 bits per heavy atom. The molecule has 2 aromatic carbocycles. The Morgan fingerprint density at radius 2 is 1.83 bits per heavy atom. The van der Waals surface area contributed by atoms with Gasteiger partial charge in [0.15, 0.2) is 0 Å². The highest BCUT2D eigenvalue weighted by Gasteiger charge is 2.27. The van der Waals surface area contributed by atoms with Crippen LogP contribution in [0.15, 0.2) is 53.4 Å². The van der Waals surface area contributed by atoms with Crippen molar-refractivity contribution >= 4 is 15.9 Å². The molecule has 30 heavy (non-hydrogen) atoms. The quantitative estimate of drug-likeness (QED) is 0.625. The van der Waals surface area contributed by atoms with Gasteiger partial charge in [0, 0.05) is 11.6 Å². The van der Waals surface area contributed by atoms with E-state index < -0.39 is 10.0 Å². The molecule has 0 aromatic heterocycles. The summed E-state index contributed by atoms with van der Waals surface area (Å²) in [7, 11) is -2.36. The number of rotatable bonds is 9. The number of benzene rings is 2. The van der Waals surface area contributed by atoms with Crippen molar-refractivity contribution in [2.24, 2.45) is 0 Å². The van der Waals surface area contributed by atoms with E-state index in [1.165, 1.54) is 19.2 Å². The summed E-state index contributed by atoms with van der Waals surface area (Å²) in [5.74, 6) is -0.0810. The number of nitrogens with one attached hydrogen (secondary N) is 2. The average molecular weight is 431 g/mol. The van der Waals surface area contributed by atoms with E-state index in [1.807, 2.05) is 30.3 Å². The van der Waals surface area contributed by atoms with Crippen LogP contribution >= 0.6 is 0 Å². The second kappa shape index (κ2) is 10.1. The van der Waals surface area contributed by atoms with Crippen molar-refractivity contribution in [3.63, 3.8) is 0 Å². The topological polar surface area (TPSA) is 84.5 Å². The summed E-state index contributed by atoms with van der Waals surface area (Å²) < 4.78 is 34.0. The van der Waals surface area contributed by atoms with Gasteiger partial charge in [-0.1, -0.05) is 56.5 Å². The van der Waals surface area contributed by atoms with Crippen LogP contribution in [0.4, 0.5) is 0 Å². The zero-order valence-corrected chi connectivity index (χ0v) is 18.4. The fraction of sp³-hybridized carbons (Fsp3) is 0.435. The molecule has 7 heteroatoms. The molecule has 0 bridgehead atoms. The van der Waals surface area contributed by atoms with Gasteiger partial charge in [-0.3, -0.25) is 4.79 Å². The number of ether oxygens (including phenoxy) is 1. The van der Waals surface area contributed by atoms with Gasteiger partial charge in [0.1, 0.15) is 10.6 Å². The number of hydrogen-bond acceptors (Lipinski definition) is 4. The molecule has 0 saturated heterocycles. The Bertz CT molecular complexity index is 954. The van der Waals surface area contributed by atoms with Gasteiger partial charge in [-0.2, -0.15) is 0 Å². The molecule has 0 heterocycles. The normalized spacial score (nSPS) is 15.7. The van der Waals surface area contributed by atoms with Crippen molar-refractivity contribution in [1.82, 2.24) is 10.0 Å². The Balaban J connectivity index is 1.85. The zero-order valence-electron chi connectivity index (χ0n) is 17.6. The van der Waals surface area contributed by atoms with Crippen molar-refractivity contribution in [3.8, 4) is 5.75 Å². The summed E-state index contributed by atoms with van der Waals surface area (Å²) in [6.45, 7) is 2.06. The lowest BCUT2D eigenvalue weighted by atomic mass is 10.0. The van der Waals surface area contributed by atoms with E-state index in [9.17, 15) is 13.2 Å². The predicted octanol–water partition coefficient (Wildman–Crippen LogP) is 4.19. The van der Waals surface area contributed by atoms with Crippen LogP contribution in [0.3, 0.4) is 0 Å². The fourth-order valence-corrected chi connectivity index (χ4v) is 5.39. The molecule has 2 aromatic rings. The summed E-state index contributed by atoms with van der Waals surface area (Å²) >= 11 is 0. The molecule has 1 aliphatic carbocycles. The van der Waals surface area contributed by atoms with Crippen LogP contribution in [0, 0.1) is 0 Å². The Kier molecular flexibility index (Phi) is 7.50. The number of amides is 1.